The summed E-state index contributed by atoms with van der Waals surface area (Å²) < 4.78 is 0. The van der Waals surface area contributed by atoms with Crippen molar-refractivity contribution in [3.8, 4) is 0 Å². The van der Waals surface area contributed by atoms with Gasteiger partial charge in [-0.2, -0.15) is 0 Å². The van der Waals surface area contributed by atoms with Crippen molar-refractivity contribution < 1.29 is 0 Å². The molecule has 3 nitrogen and oxygen atoms in total. The van der Waals surface area contributed by atoms with Crippen molar-refractivity contribution in [2.75, 3.05) is 6.54 Å². The maximum absolute atomic E-state index is 4.94. The number of rotatable bonds is 5. The van der Waals surface area contributed by atoms with Crippen LogP contribution in [-0.2, 0) is 6.42 Å². The first-order valence-corrected chi connectivity index (χ1v) is 9.12. The normalized spacial score (nSPS) is 18.8. The molecule has 1 heterocycles. The highest BCUT2D eigenvalue weighted by molar-refractivity contribution is 5.82. The first kappa shape index (κ1) is 16.4. The topological polar surface area (TPSA) is 36.4 Å². The molecule has 0 aromatic heterocycles. The second-order valence-electron chi connectivity index (χ2n) is 6.53. The van der Waals surface area contributed by atoms with Crippen molar-refractivity contribution in [3.05, 3.63) is 108 Å². The van der Waals surface area contributed by atoms with E-state index in [4.69, 9.17) is 4.99 Å². The van der Waals surface area contributed by atoms with Crippen LogP contribution in [0.1, 0.15) is 28.8 Å². The lowest BCUT2D eigenvalue weighted by Crippen LogP contribution is -2.36. The van der Waals surface area contributed by atoms with Gasteiger partial charge in [-0.05, 0) is 23.1 Å². The average Bonchev–Trinajstić information content (AvgIpc) is 3.14. The van der Waals surface area contributed by atoms with Crippen molar-refractivity contribution in [1.29, 1.82) is 0 Å². The molecule has 0 bridgehead atoms. The van der Waals surface area contributed by atoms with Gasteiger partial charge in [0.15, 0.2) is 5.96 Å². The highest BCUT2D eigenvalue weighted by atomic mass is 15.3. The number of benzene rings is 3. The highest BCUT2D eigenvalue weighted by Gasteiger charge is 2.30. The maximum atomic E-state index is 4.94. The van der Waals surface area contributed by atoms with Crippen LogP contribution in [0, 0.1) is 0 Å². The van der Waals surface area contributed by atoms with Crippen LogP contribution < -0.4 is 10.6 Å². The number of hydrogen-bond donors (Lipinski definition) is 2. The summed E-state index contributed by atoms with van der Waals surface area (Å²) >= 11 is 0. The fourth-order valence-corrected chi connectivity index (χ4v) is 3.39. The summed E-state index contributed by atoms with van der Waals surface area (Å²) in [6.45, 7) is 0.860. The Morgan fingerprint density at radius 3 is 1.96 bits per heavy atom. The number of nitrogens with zero attached hydrogens (tertiary/aromatic N) is 1. The smallest absolute Gasteiger partial charge is 0.192 e. The minimum Gasteiger partial charge on any atom is -0.356 e. The van der Waals surface area contributed by atoms with Crippen molar-refractivity contribution in [3.63, 3.8) is 0 Å². The Balaban J connectivity index is 1.49. The third kappa shape index (κ3) is 3.77. The first-order valence-electron chi connectivity index (χ1n) is 9.12. The van der Waals surface area contributed by atoms with Gasteiger partial charge in [0, 0.05) is 6.54 Å². The van der Waals surface area contributed by atoms with Crippen LogP contribution in [0.4, 0.5) is 0 Å². The summed E-state index contributed by atoms with van der Waals surface area (Å²) in [7, 11) is 0. The van der Waals surface area contributed by atoms with E-state index in [1.54, 1.807) is 0 Å². The van der Waals surface area contributed by atoms with Crippen LogP contribution in [0.15, 0.2) is 96.0 Å². The van der Waals surface area contributed by atoms with Gasteiger partial charge >= 0.3 is 0 Å². The predicted octanol–water partition coefficient (Wildman–Crippen LogP) is 4.26. The number of aliphatic imine (C=N–C) groups is 1. The standard InChI is InChI=1S/C23H23N3/c1-4-10-18(11-5-1)16-17-24-23-25-21(19-12-6-2-7-13-19)22(26-23)20-14-8-3-9-15-20/h1-15,21-22H,16-17H2,(H2,24,25,26). The van der Waals surface area contributed by atoms with Gasteiger partial charge in [0.05, 0.1) is 6.04 Å². The van der Waals surface area contributed by atoms with Gasteiger partial charge in [-0.15, -0.1) is 0 Å². The van der Waals surface area contributed by atoms with Gasteiger partial charge < -0.3 is 10.6 Å². The molecule has 4 rings (SSSR count). The number of nitrogens with one attached hydrogen (secondary N) is 2. The van der Waals surface area contributed by atoms with E-state index in [1.807, 2.05) is 6.07 Å². The fraction of sp³-hybridized carbons (Fsp3) is 0.174. The van der Waals surface area contributed by atoms with Crippen molar-refractivity contribution in [2.24, 2.45) is 4.99 Å². The van der Waals surface area contributed by atoms with Gasteiger partial charge in [-0.3, -0.25) is 0 Å². The molecule has 1 aliphatic rings. The Bertz CT molecular complexity index is 844. The third-order valence-electron chi connectivity index (χ3n) is 4.72. The van der Waals surface area contributed by atoms with E-state index in [9.17, 15) is 0 Å². The largest absolute Gasteiger partial charge is 0.356 e. The molecule has 0 radical (unpaired) electrons. The zero-order valence-corrected chi connectivity index (χ0v) is 14.7. The lowest BCUT2D eigenvalue weighted by atomic mass is 9.95. The van der Waals surface area contributed by atoms with E-state index in [0.29, 0.717) is 0 Å². The minimum atomic E-state index is 0.0813. The predicted molar refractivity (Wildman–Crippen MR) is 107 cm³/mol. The summed E-state index contributed by atoms with van der Waals surface area (Å²) in [6.07, 6.45) is 0.980. The Morgan fingerprint density at radius 2 is 1.31 bits per heavy atom. The van der Waals surface area contributed by atoms with Crippen LogP contribution in [-0.4, -0.2) is 12.5 Å². The van der Waals surface area contributed by atoms with E-state index in [0.717, 1.165) is 18.9 Å². The van der Waals surface area contributed by atoms with Crippen LogP contribution in [0.2, 0.25) is 0 Å². The lowest BCUT2D eigenvalue weighted by Gasteiger charge is -2.19. The monoisotopic (exact) mass is 341 g/mol. The van der Waals surface area contributed by atoms with Crippen molar-refractivity contribution >= 4 is 5.96 Å². The summed E-state index contributed by atoms with van der Waals surface area (Å²) in [5.41, 5.74) is 3.82. The Labute approximate surface area is 154 Å². The molecule has 26 heavy (non-hydrogen) atoms. The van der Waals surface area contributed by atoms with Crippen molar-refractivity contribution in [2.45, 2.75) is 18.5 Å². The number of hydrogen-bond acceptors (Lipinski definition) is 3. The van der Waals surface area contributed by atoms with E-state index in [2.05, 4.69) is 95.6 Å². The Morgan fingerprint density at radius 1 is 0.731 bits per heavy atom. The summed E-state index contributed by atoms with van der Waals surface area (Å²) in [5.74, 6) is 0.878. The molecule has 1 aliphatic heterocycles. The summed E-state index contributed by atoms with van der Waals surface area (Å²) in [6, 6.07) is 31.8. The fourth-order valence-electron chi connectivity index (χ4n) is 3.39. The van der Waals surface area contributed by atoms with Crippen LogP contribution in [0.5, 0.6) is 0 Å². The molecular formula is C23H23N3. The molecular weight excluding hydrogens is 318 g/mol. The quantitative estimate of drug-likeness (QED) is 0.727. The second kappa shape index (κ2) is 7.87. The lowest BCUT2D eigenvalue weighted by molar-refractivity contribution is 0.570. The second-order valence-corrected chi connectivity index (χ2v) is 6.53. The third-order valence-corrected chi connectivity index (χ3v) is 4.72. The van der Waals surface area contributed by atoms with Gasteiger partial charge in [-0.25, -0.2) is 4.99 Å². The molecule has 3 heteroatoms. The van der Waals surface area contributed by atoms with Crippen molar-refractivity contribution in [1.82, 2.24) is 10.6 Å². The zero-order chi connectivity index (χ0) is 17.6. The Kier molecular flexibility index (Phi) is 4.97. The zero-order valence-electron chi connectivity index (χ0n) is 14.7. The maximum Gasteiger partial charge on any atom is 0.192 e. The molecule has 3 aromatic carbocycles. The van der Waals surface area contributed by atoms with Crippen LogP contribution >= 0.6 is 0 Å². The molecule has 2 atom stereocenters. The molecule has 0 fully saturated rings. The van der Waals surface area contributed by atoms with Gasteiger partial charge in [-0.1, -0.05) is 91.0 Å². The van der Waals surface area contributed by atoms with Crippen LogP contribution in [0.3, 0.4) is 0 Å². The van der Waals surface area contributed by atoms with E-state index >= 15 is 0 Å². The van der Waals surface area contributed by atoms with Gasteiger partial charge in [0.2, 0.25) is 0 Å². The SMILES string of the molecule is c1ccc(CCNC2=NC(c3ccccc3)C(c3ccccc3)N2)cc1. The van der Waals surface area contributed by atoms with Crippen LogP contribution in [0.25, 0.3) is 0 Å². The first-order chi connectivity index (χ1) is 12.9. The van der Waals surface area contributed by atoms with E-state index < -0.39 is 0 Å². The molecule has 2 unspecified atom stereocenters. The number of guanidine groups is 1. The average molecular weight is 341 g/mol. The Hall–Kier alpha value is -3.07. The van der Waals surface area contributed by atoms with E-state index in [-0.39, 0.29) is 12.1 Å². The molecule has 0 aliphatic carbocycles. The van der Waals surface area contributed by atoms with Gasteiger partial charge in [0.1, 0.15) is 6.04 Å². The summed E-state index contributed by atoms with van der Waals surface area (Å²) in [4.78, 5) is 4.94. The highest BCUT2D eigenvalue weighted by Crippen LogP contribution is 2.35. The molecule has 0 saturated heterocycles. The molecule has 0 amide bonds. The molecule has 2 N–H and O–H groups in total. The minimum absolute atomic E-state index is 0.0813. The van der Waals surface area contributed by atoms with E-state index in [1.165, 1.54) is 16.7 Å². The molecule has 0 saturated carbocycles. The molecule has 3 aromatic rings. The summed E-state index contributed by atoms with van der Waals surface area (Å²) in [5, 5.41) is 7.05. The van der Waals surface area contributed by atoms with Gasteiger partial charge in [0.25, 0.3) is 0 Å². The molecule has 130 valence electrons. The molecule has 0 spiro atoms.